The van der Waals surface area contributed by atoms with Crippen molar-refractivity contribution >= 4 is 5.78 Å². The van der Waals surface area contributed by atoms with Crippen LogP contribution < -0.4 is 0 Å². The summed E-state index contributed by atoms with van der Waals surface area (Å²) in [6.07, 6.45) is 5.35. The molecule has 94 valence electrons. The van der Waals surface area contributed by atoms with Gasteiger partial charge in [-0.25, -0.2) is 0 Å². The number of carbonyl (C=O) groups excluding carboxylic acids is 1. The van der Waals surface area contributed by atoms with Gasteiger partial charge in [-0.05, 0) is 32.2 Å². The maximum Gasteiger partial charge on any atom is 0.149 e. The summed E-state index contributed by atoms with van der Waals surface area (Å²) in [5.74, 6) is 0.455. The summed E-state index contributed by atoms with van der Waals surface area (Å²) in [6, 6.07) is 0.608. The van der Waals surface area contributed by atoms with Crippen molar-refractivity contribution in [2.24, 2.45) is 5.41 Å². The molecule has 0 N–H and O–H groups in total. The number of rotatable bonds is 2. The fourth-order valence-electron chi connectivity index (χ4n) is 2.45. The molecule has 1 fully saturated rings. The normalized spacial score (nSPS) is 25.6. The van der Waals surface area contributed by atoms with E-state index in [4.69, 9.17) is 0 Å². The van der Waals surface area contributed by atoms with E-state index >= 15 is 0 Å². The van der Waals surface area contributed by atoms with E-state index in [1.165, 1.54) is 12.8 Å². The van der Waals surface area contributed by atoms with Crippen LogP contribution in [0, 0.1) is 5.41 Å². The monoisotopic (exact) mass is 225 g/mol. The van der Waals surface area contributed by atoms with E-state index in [2.05, 4.69) is 39.6 Å². The molecule has 0 aliphatic heterocycles. The molecule has 0 aromatic rings. The SMILES string of the molecule is CC(N(C)C1CCCCCC1=O)C(C)(C)C. The van der Waals surface area contributed by atoms with Gasteiger partial charge in [0.25, 0.3) is 0 Å². The number of Topliss-reactive ketones (excluding diaryl/α,β-unsaturated/α-hetero) is 1. The lowest BCUT2D eigenvalue weighted by Gasteiger charge is -2.39. The Morgan fingerprint density at radius 3 is 2.44 bits per heavy atom. The Morgan fingerprint density at radius 1 is 1.25 bits per heavy atom. The van der Waals surface area contributed by atoms with Crippen LogP contribution in [0.1, 0.15) is 59.8 Å². The summed E-state index contributed by atoms with van der Waals surface area (Å²) in [5.41, 5.74) is 0.237. The first-order chi connectivity index (χ1) is 7.34. The van der Waals surface area contributed by atoms with Crippen molar-refractivity contribution in [3.8, 4) is 0 Å². The molecule has 0 amide bonds. The molecular weight excluding hydrogens is 198 g/mol. The van der Waals surface area contributed by atoms with Gasteiger partial charge in [0.05, 0.1) is 6.04 Å². The molecule has 16 heavy (non-hydrogen) atoms. The number of hydrogen-bond acceptors (Lipinski definition) is 2. The highest BCUT2D eigenvalue weighted by atomic mass is 16.1. The molecule has 0 aromatic heterocycles. The average Bonchev–Trinajstić information content (AvgIpc) is 2.39. The highest BCUT2D eigenvalue weighted by molar-refractivity contribution is 5.84. The number of ketones is 1. The first-order valence-electron chi connectivity index (χ1n) is 6.58. The Morgan fingerprint density at radius 2 is 1.88 bits per heavy atom. The number of likely N-dealkylation sites (N-methyl/N-ethyl adjacent to an activating group) is 1. The Balaban J connectivity index is 2.70. The molecule has 2 unspecified atom stereocenters. The zero-order chi connectivity index (χ0) is 12.3. The van der Waals surface area contributed by atoms with Crippen LogP contribution >= 0.6 is 0 Å². The minimum atomic E-state index is 0.164. The molecule has 1 aliphatic carbocycles. The van der Waals surface area contributed by atoms with Crippen molar-refractivity contribution < 1.29 is 4.79 Å². The van der Waals surface area contributed by atoms with Crippen LogP contribution in [0.2, 0.25) is 0 Å². The van der Waals surface area contributed by atoms with Gasteiger partial charge in [0, 0.05) is 12.5 Å². The van der Waals surface area contributed by atoms with Crippen molar-refractivity contribution in [2.45, 2.75) is 71.9 Å². The molecule has 1 rings (SSSR count). The summed E-state index contributed by atoms with van der Waals surface area (Å²) < 4.78 is 0. The molecular formula is C14H27NO. The van der Waals surface area contributed by atoms with E-state index < -0.39 is 0 Å². The quantitative estimate of drug-likeness (QED) is 0.672. The van der Waals surface area contributed by atoms with Gasteiger partial charge in [0.15, 0.2) is 0 Å². The lowest BCUT2D eigenvalue weighted by Crippen LogP contribution is -2.48. The minimum absolute atomic E-state index is 0.164. The van der Waals surface area contributed by atoms with Crippen LogP contribution in [-0.2, 0) is 4.79 Å². The van der Waals surface area contributed by atoms with Gasteiger partial charge in [-0.15, -0.1) is 0 Å². The second kappa shape index (κ2) is 5.31. The zero-order valence-electron chi connectivity index (χ0n) is 11.5. The highest BCUT2D eigenvalue weighted by Crippen LogP contribution is 2.27. The van der Waals surface area contributed by atoms with Gasteiger partial charge >= 0.3 is 0 Å². The standard InChI is InChI=1S/C14H27NO/c1-11(14(2,3)4)15(5)12-9-7-6-8-10-13(12)16/h11-12H,6-10H2,1-5H3. The first kappa shape index (κ1) is 13.7. The molecule has 1 saturated carbocycles. The third-order valence-electron chi connectivity index (χ3n) is 4.13. The Kier molecular flexibility index (Phi) is 4.54. The fourth-order valence-corrected chi connectivity index (χ4v) is 2.45. The van der Waals surface area contributed by atoms with Gasteiger partial charge in [0.1, 0.15) is 5.78 Å². The Labute approximate surface area is 100 Å². The Bertz CT molecular complexity index is 242. The van der Waals surface area contributed by atoms with E-state index in [-0.39, 0.29) is 11.5 Å². The van der Waals surface area contributed by atoms with Crippen molar-refractivity contribution in [3.05, 3.63) is 0 Å². The third kappa shape index (κ3) is 3.31. The van der Waals surface area contributed by atoms with Crippen molar-refractivity contribution in [3.63, 3.8) is 0 Å². The summed E-state index contributed by atoms with van der Waals surface area (Å²) in [7, 11) is 2.11. The minimum Gasteiger partial charge on any atom is -0.298 e. The maximum atomic E-state index is 12.0. The van der Waals surface area contributed by atoms with E-state index in [1.54, 1.807) is 0 Å². The lowest BCUT2D eigenvalue weighted by atomic mass is 9.85. The molecule has 0 spiro atoms. The third-order valence-corrected chi connectivity index (χ3v) is 4.13. The van der Waals surface area contributed by atoms with Crippen LogP contribution in [0.4, 0.5) is 0 Å². The van der Waals surface area contributed by atoms with Gasteiger partial charge in [-0.3, -0.25) is 9.69 Å². The van der Waals surface area contributed by atoms with E-state index in [0.29, 0.717) is 11.8 Å². The molecule has 0 aromatic carbocycles. The molecule has 0 radical (unpaired) electrons. The topological polar surface area (TPSA) is 20.3 Å². The van der Waals surface area contributed by atoms with Crippen molar-refractivity contribution in [2.75, 3.05) is 7.05 Å². The van der Waals surface area contributed by atoms with E-state index in [9.17, 15) is 4.79 Å². The van der Waals surface area contributed by atoms with Crippen LogP contribution in [0.3, 0.4) is 0 Å². The molecule has 2 atom stereocenters. The van der Waals surface area contributed by atoms with Gasteiger partial charge in [-0.1, -0.05) is 33.6 Å². The molecule has 0 saturated heterocycles. The Hall–Kier alpha value is -0.370. The number of hydrogen-bond donors (Lipinski definition) is 0. The predicted octanol–water partition coefficient (Wildman–Crippen LogP) is 3.25. The summed E-state index contributed by atoms with van der Waals surface area (Å²) in [6.45, 7) is 8.97. The van der Waals surface area contributed by atoms with Gasteiger partial charge in [0.2, 0.25) is 0 Å². The number of nitrogens with zero attached hydrogens (tertiary/aromatic N) is 1. The largest absolute Gasteiger partial charge is 0.298 e. The number of carbonyl (C=O) groups is 1. The van der Waals surface area contributed by atoms with Crippen molar-refractivity contribution in [1.82, 2.24) is 4.90 Å². The highest BCUT2D eigenvalue weighted by Gasteiger charge is 2.32. The lowest BCUT2D eigenvalue weighted by molar-refractivity contribution is -0.125. The van der Waals surface area contributed by atoms with Crippen molar-refractivity contribution in [1.29, 1.82) is 0 Å². The molecule has 0 bridgehead atoms. The molecule has 2 heteroatoms. The predicted molar refractivity (Wildman–Crippen MR) is 68.6 cm³/mol. The fraction of sp³-hybridized carbons (Fsp3) is 0.929. The second-order valence-electron chi connectivity index (χ2n) is 6.29. The van der Waals surface area contributed by atoms with Gasteiger partial charge < -0.3 is 0 Å². The summed E-state index contributed by atoms with van der Waals surface area (Å²) >= 11 is 0. The van der Waals surface area contributed by atoms with Crippen LogP contribution in [0.25, 0.3) is 0 Å². The smallest absolute Gasteiger partial charge is 0.149 e. The van der Waals surface area contributed by atoms with E-state index in [1.807, 2.05) is 0 Å². The van der Waals surface area contributed by atoms with E-state index in [0.717, 1.165) is 19.3 Å². The first-order valence-corrected chi connectivity index (χ1v) is 6.58. The van der Waals surface area contributed by atoms with Crippen LogP contribution in [0.15, 0.2) is 0 Å². The molecule has 1 aliphatic rings. The maximum absolute atomic E-state index is 12.0. The summed E-state index contributed by atoms with van der Waals surface area (Å²) in [5, 5.41) is 0. The molecule has 2 nitrogen and oxygen atoms in total. The summed E-state index contributed by atoms with van der Waals surface area (Å²) in [4.78, 5) is 14.3. The average molecular weight is 225 g/mol. The molecule has 0 heterocycles. The van der Waals surface area contributed by atoms with Crippen LogP contribution in [-0.4, -0.2) is 29.8 Å². The second-order valence-corrected chi connectivity index (χ2v) is 6.29. The van der Waals surface area contributed by atoms with Gasteiger partial charge in [-0.2, -0.15) is 0 Å². The van der Waals surface area contributed by atoms with Crippen LogP contribution in [0.5, 0.6) is 0 Å². The zero-order valence-corrected chi connectivity index (χ0v) is 11.5.